The summed E-state index contributed by atoms with van der Waals surface area (Å²) in [5, 5.41) is -0.370. The van der Waals surface area contributed by atoms with Crippen molar-refractivity contribution in [3.05, 3.63) is 65.7 Å². The lowest BCUT2D eigenvalue weighted by Gasteiger charge is -2.07. The van der Waals surface area contributed by atoms with Crippen LogP contribution in [-0.2, 0) is 6.42 Å². The maximum Gasteiger partial charge on any atom is 0.281 e. The highest BCUT2D eigenvalue weighted by molar-refractivity contribution is 8.13. The average Bonchev–Trinajstić information content (AvgIpc) is 2.32. The van der Waals surface area contributed by atoms with Crippen molar-refractivity contribution in [2.75, 3.05) is 0 Å². The minimum Gasteiger partial charge on any atom is -0.360 e. The first-order chi connectivity index (χ1) is 8.25. The fourth-order valence-corrected chi connectivity index (χ4v) is 2.31. The Balaban J connectivity index is 2.23. The predicted octanol–water partition coefficient (Wildman–Crippen LogP) is 3.45. The van der Waals surface area contributed by atoms with Crippen molar-refractivity contribution in [1.29, 1.82) is 0 Å². The summed E-state index contributed by atoms with van der Waals surface area (Å²) in [6, 6.07) is 18.0. The summed E-state index contributed by atoms with van der Waals surface area (Å²) in [6.07, 6.45) is 0.817. The second-order valence-corrected chi connectivity index (χ2v) is 4.74. The highest BCUT2D eigenvalue weighted by Gasteiger charge is 2.06. The van der Waals surface area contributed by atoms with E-state index in [1.165, 1.54) is 5.56 Å². The highest BCUT2D eigenvalue weighted by atomic mass is 32.2. The summed E-state index contributed by atoms with van der Waals surface area (Å²) in [6.45, 7) is 0. The van der Waals surface area contributed by atoms with Gasteiger partial charge in [-0.15, -0.1) is 0 Å². The van der Waals surface area contributed by atoms with E-state index >= 15 is 0 Å². The van der Waals surface area contributed by atoms with Crippen LogP contribution in [0.4, 0.5) is 4.79 Å². The third-order valence-corrected chi connectivity index (χ3v) is 3.24. The van der Waals surface area contributed by atoms with Gasteiger partial charge in [-0.05, 0) is 35.4 Å². The summed E-state index contributed by atoms with van der Waals surface area (Å²) in [5.41, 5.74) is 7.56. The van der Waals surface area contributed by atoms with Crippen molar-refractivity contribution < 1.29 is 4.79 Å². The molecule has 0 radical (unpaired) electrons. The fraction of sp³-hybridized carbons (Fsp3) is 0.0714. The van der Waals surface area contributed by atoms with Gasteiger partial charge in [-0.3, -0.25) is 4.79 Å². The standard InChI is InChI=1S/C14H13NOS/c15-14(16)17-13-9-5-4-8-12(13)10-11-6-2-1-3-7-11/h1-9H,10H2,(H2,15,16). The molecule has 0 atom stereocenters. The molecule has 0 heterocycles. The van der Waals surface area contributed by atoms with Crippen LogP contribution in [0.25, 0.3) is 0 Å². The molecule has 2 rings (SSSR count). The number of carbonyl (C=O) groups excluding carboxylic acids is 1. The third kappa shape index (κ3) is 3.36. The largest absolute Gasteiger partial charge is 0.360 e. The molecule has 3 heteroatoms. The zero-order valence-corrected chi connectivity index (χ0v) is 10.1. The van der Waals surface area contributed by atoms with Crippen LogP contribution in [0.3, 0.4) is 0 Å². The summed E-state index contributed by atoms with van der Waals surface area (Å²) in [7, 11) is 0. The van der Waals surface area contributed by atoms with Gasteiger partial charge < -0.3 is 5.73 Å². The van der Waals surface area contributed by atoms with Gasteiger partial charge in [0.05, 0.1) is 0 Å². The normalized spacial score (nSPS) is 10.1. The van der Waals surface area contributed by atoms with Crippen molar-refractivity contribution in [2.24, 2.45) is 5.73 Å². The number of nitrogens with two attached hydrogens (primary N) is 1. The van der Waals surface area contributed by atoms with Gasteiger partial charge in [0, 0.05) is 4.90 Å². The molecule has 0 aliphatic carbocycles. The number of hydrogen-bond donors (Lipinski definition) is 1. The number of thioether (sulfide) groups is 1. The van der Waals surface area contributed by atoms with Crippen molar-refractivity contribution in [2.45, 2.75) is 11.3 Å². The molecule has 2 N–H and O–H groups in total. The van der Waals surface area contributed by atoms with Crippen LogP contribution in [0.15, 0.2) is 59.5 Å². The lowest BCUT2D eigenvalue weighted by atomic mass is 10.1. The van der Waals surface area contributed by atoms with Crippen molar-refractivity contribution in [1.82, 2.24) is 0 Å². The van der Waals surface area contributed by atoms with E-state index in [-0.39, 0.29) is 5.24 Å². The summed E-state index contributed by atoms with van der Waals surface area (Å²) >= 11 is 1.08. The summed E-state index contributed by atoms with van der Waals surface area (Å²) in [4.78, 5) is 11.9. The lowest BCUT2D eigenvalue weighted by molar-refractivity contribution is 0.267. The van der Waals surface area contributed by atoms with Gasteiger partial charge in [0.2, 0.25) is 0 Å². The topological polar surface area (TPSA) is 43.1 Å². The van der Waals surface area contributed by atoms with E-state index in [1.54, 1.807) is 0 Å². The molecule has 86 valence electrons. The first-order valence-electron chi connectivity index (χ1n) is 5.35. The maximum absolute atomic E-state index is 11.0. The van der Waals surface area contributed by atoms with E-state index in [1.807, 2.05) is 42.5 Å². The molecule has 17 heavy (non-hydrogen) atoms. The first-order valence-corrected chi connectivity index (χ1v) is 6.16. The van der Waals surface area contributed by atoms with Crippen LogP contribution in [-0.4, -0.2) is 5.24 Å². The monoisotopic (exact) mass is 243 g/mol. The molecule has 0 saturated carbocycles. The van der Waals surface area contributed by atoms with Gasteiger partial charge in [0.15, 0.2) is 0 Å². The molecule has 0 bridgehead atoms. The number of hydrogen-bond acceptors (Lipinski definition) is 2. The van der Waals surface area contributed by atoms with Crippen LogP contribution in [0.1, 0.15) is 11.1 Å². The van der Waals surface area contributed by atoms with E-state index in [2.05, 4.69) is 12.1 Å². The van der Waals surface area contributed by atoms with Crippen LogP contribution in [0.2, 0.25) is 0 Å². The van der Waals surface area contributed by atoms with Gasteiger partial charge in [-0.1, -0.05) is 48.5 Å². The van der Waals surface area contributed by atoms with Gasteiger partial charge in [0.1, 0.15) is 0 Å². The van der Waals surface area contributed by atoms with Gasteiger partial charge in [-0.25, -0.2) is 0 Å². The van der Waals surface area contributed by atoms with E-state index < -0.39 is 0 Å². The van der Waals surface area contributed by atoms with E-state index in [0.29, 0.717) is 0 Å². The number of benzene rings is 2. The van der Waals surface area contributed by atoms with Crippen molar-refractivity contribution in [3.8, 4) is 0 Å². The lowest BCUT2D eigenvalue weighted by Crippen LogP contribution is -2.03. The molecular weight excluding hydrogens is 230 g/mol. The first kappa shape index (κ1) is 11.7. The number of primary amides is 1. The Labute approximate surface area is 105 Å². The molecule has 0 saturated heterocycles. The Morgan fingerprint density at radius 1 is 1.00 bits per heavy atom. The zero-order valence-electron chi connectivity index (χ0n) is 9.30. The number of amides is 1. The minimum absolute atomic E-state index is 0.370. The van der Waals surface area contributed by atoms with Gasteiger partial charge in [-0.2, -0.15) is 0 Å². The quantitative estimate of drug-likeness (QED) is 0.839. The Morgan fingerprint density at radius 3 is 2.35 bits per heavy atom. The Hall–Kier alpha value is -1.74. The molecule has 2 aromatic carbocycles. The number of rotatable bonds is 3. The molecule has 0 unspecified atom stereocenters. The SMILES string of the molecule is NC(=O)Sc1ccccc1Cc1ccccc1. The van der Waals surface area contributed by atoms with Crippen LogP contribution >= 0.6 is 11.8 Å². The Bertz CT molecular complexity index is 511. The average molecular weight is 243 g/mol. The van der Waals surface area contributed by atoms with E-state index in [0.717, 1.165) is 28.6 Å². The van der Waals surface area contributed by atoms with E-state index in [9.17, 15) is 4.79 Å². The molecular formula is C14H13NOS. The molecule has 0 spiro atoms. The molecule has 2 aromatic rings. The smallest absolute Gasteiger partial charge is 0.281 e. The fourth-order valence-electron chi connectivity index (χ4n) is 1.67. The molecule has 0 aliphatic heterocycles. The molecule has 0 aromatic heterocycles. The third-order valence-electron chi connectivity index (χ3n) is 2.42. The van der Waals surface area contributed by atoms with Crippen molar-refractivity contribution in [3.63, 3.8) is 0 Å². The van der Waals surface area contributed by atoms with Crippen molar-refractivity contribution >= 4 is 17.0 Å². The maximum atomic E-state index is 11.0. The number of carbonyl (C=O) groups is 1. The molecule has 2 nitrogen and oxygen atoms in total. The predicted molar refractivity (Wildman–Crippen MR) is 71.1 cm³/mol. The second-order valence-electron chi connectivity index (χ2n) is 3.69. The Morgan fingerprint density at radius 2 is 1.65 bits per heavy atom. The van der Waals surface area contributed by atoms with Gasteiger partial charge in [0.25, 0.3) is 5.24 Å². The molecule has 1 amide bonds. The van der Waals surface area contributed by atoms with Crippen LogP contribution in [0, 0.1) is 0 Å². The second kappa shape index (κ2) is 5.55. The van der Waals surface area contributed by atoms with Crippen LogP contribution < -0.4 is 5.73 Å². The van der Waals surface area contributed by atoms with Crippen LogP contribution in [0.5, 0.6) is 0 Å². The zero-order chi connectivity index (χ0) is 12.1. The summed E-state index contributed by atoms with van der Waals surface area (Å²) < 4.78 is 0. The molecule has 0 aliphatic rings. The Kier molecular flexibility index (Phi) is 3.83. The van der Waals surface area contributed by atoms with E-state index in [4.69, 9.17) is 5.73 Å². The summed E-state index contributed by atoms with van der Waals surface area (Å²) in [5.74, 6) is 0. The van der Waals surface area contributed by atoms with Gasteiger partial charge >= 0.3 is 0 Å². The minimum atomic E-state index is -0.370. The highest BCUT2D eigenvalue weighted by Crippen LogP contribution is 2.24. The molecule has 0 fully saturated rings.